The van der Waals surface area contributed by atoms with Crippen LogP contribution in [0.3, 0.4) is 0 Å². The van der Waals surface area contributed by atoms with E-state index in [1.165, 1.54) is 13.2 Å². The minimum absolute atomic E-state index is 0.0760. The number of halogens is 2. The van der Waals surface area contributed by atoms with Crippen LogP contribution in [0.15, 0.2) is 18.2 Å². The van der Waals surface area contributed by atoms with E-state index in [1.807, 2.05) is 13.8 Å². The van der Waals surface area contributed by atoms with E-state index in [0.29, 0.717) is 24.4 Å². The number of alkyl halides is 2. The number of hydrogen-bond acceptors (Lipinski definition) is 4. The molecule has 0 bridgehead atoms. The second-order valence-electron chi connectivity index (χ2n) is 5.47. The van der Waals surface area contributed by atoms with Gasteiger partial charge in [-0.25, -0.2) is 0 Å². The Balaban J connectivity index is 2.75. The van der Waals surface area contributed by atoms with Crippen LogP contribution in [0, 0.1) is 5.92 Å². The third-order valence-electron chi connectivity index (χ3n) is 3.53. The van der Waals surface area contributed by atoms with Gasteiger partial charge in [0, 0.05) is 18.7 Å². The summed E-state index contributed by atoms with van der Waals surface area (Å²) in [5, 5.41) is 13.2. The van der Waals surface area contributed by atoms with E-state index in [0.717, 1.165) is 0 Å². The largest absolute Gasteiger partial charge is 0.497 e. The first-order valence-electron chi connectivity index (χ1n) is 6.81. The lowest BCUT2D eigenvalue weighted by Gasteiger charge is -2.28. The third-order valence-corrected chi connectivity index (χ3v) is 3.53. The maximum atomic E-state index is 12.4. The molecule has 1 unspecified atom stereocenters. The van der Waals surface area contributed by atoms with Crippen molar-refractivity contribution in [3.63, 3.8) is 0 Å². The number of aliphatic hydroxyl groups is 1. The van der Waals surface area contributed by atoms with Gasteiger partial charge < -0.3 is 19.9 Å². The van der Waals surface area contributed by atoms with Gasteiger partial charge in [-0.2, -0.15) is 8.78 Å². The Hall–Kier alpha value is -1.40. The highest BCUT2D eigenvalue weighted by atomic mass is 19.3. The molecule has 1 rings (SSSR count). The Kier molecular flexibility index (Phi) is 6.36. The number of benzene rings is 1. The molecule has 6 heteroatoms. The Labute approximate surface area is 124 Å². The van der Waals surface area contributed by atoms with Crippen LogP contribution >= 0.6 is 0 Å². The SMILES string of the molecule is COc1ccc(OC(F)F)c(CNCC(C)(O)C(C)C)c1. The summed E-state index contributed by atoms with van der Waals surface area (Å²) in [7, 11) is 1.50. The molecule has 0 saturated heterocycles. The number of nitrogens with one attached hydrogen (secondary N) is 1. The molecule has 1 atom stereocenters. The van der Waals surface area contributed by atoms with Gasteiger partial charge in [0.2, 0.25) is 0 Å². The summed E-state index contributed by atoms with van der Waals surface area (Å²) in [6.07, 6.45) is 0. The predicted octanol–water partition coefficient (Wildman–Crippen LogP) is 2.79. The van der Waals surface area contributed by atoms with Gasteiger partial charge in [-0.15, -0.1) is 0 Å². The predicted molar refractivity (Wildman–Crippen MR) is 76.8 cm³/mol. The highest BCUT2D eigenvalue weighted by Crippen LogP contribution is 2.26. The van der Waals surface area contributed by atoms with Crippen molar-refractivity contribution in [3.8, 4) is 11.5 Å². The maximum absolute atomic E-state index is 12.4. The molecule has 0 aliphatic heterocycles. The molecule has 0 radical (unpaired) electrons. The first-order chi connectivity index (χ1) is 9.76. The number of rotatable bonds is 8. The average molecular weight is 303 g/mol. The molecule has 120 valence electrons. The highest BCUT2D eigenvalue weighted by Gasteiger charge is 2.24. The van der Waals surface area contributed by atoms with Crippen molar-refractivity contribution in [2.75, 3.05) is 13.7 Å². The van der Waals surface area contributed by atoms with Crippen LogP contribution in [0.2, 0.25) is 0 Å². The van der Waals surface area contributed by atoms with Crippen molar-refractivity contribution < 1.29 is 23.4 Å². The van der Waals surface area contributed by atoms with Crippen molar-refractivity contribution in [3.05, 3.63) is 23.8 Å². The van der Waals surface area contributed by atoms with E-state index in [-0.39, 0.29) is 11.7 Å². The van der Waals surface area contributed by atoms with E-state index in [9.17, 15) is 13.9 Å². The van der Waals surface area contributed by atoms with Crippen LogP contribution in [-0.2, 0) is 6.54 Å². The zero-order valence-electron chi connectivity index (χ0n) is 12.8. The molecule has 21 heavy (non-hydrogen) atoms. The summed E-state index contributed by atoms with van der Waals surface area (Å²) in [4.78, 5) is 0. The quantitative estimate of drug-likeness (QED) is 0.775. The van der Waals surface area contributed by atoms with Crippen molar-refractivity contribution in [2.24, 2.45) is 5.92 Å². The fourth-order valence-corrected chi connectivity index (χ4v) is 1.69. The molecule has 0 saturated carbocycles. The minimum Gasteiger partial charge on any atom is -0.497 e. The summed E-state index contributed by atoms with van der Waals surface area (Å²) in [5.41, 5.74) is -0.322. The maximum Gasteiger partial charge on any atom is 0.387 e. The molecule has 1 aromatic carbocycles. The first kappa shape index (κ1) is 17.7. The van der Waals surface area contributed by atoms with Crippen LogP contribution in [0.1, 0.15) is 26.3 Å². The van der Waals surface area contributed by atoms with E-state index in [1.54, 1.807) is 19.1 Å². The van der Waals surface area contributed by atoms with Crippen LogP contribution in [-0.4, -0.2) is 31.0 Å². The van der Waals surface area contributed by atoms with Crippen LogP contribution in [0.5, 0.6) is 11.5 Å². The monoisotopic (exact) mass is 303 g/mol. The van der Waals surface area contributed by atoms with E-state index >= 15 is 0 Å². The lowest BCUT2D eigenvalue weighted by atomic mass is 9.92. The van der Waals surface area contributed by atoms with Gasteiger partial charge in [0.25, 0.3) is 0 Å². The van der Waals surface area contributed by atoms with Crippen molar-refractivity contribution in [1.82, 2.24) is 5.32 Å². The smallest absolute Gasteiger partial charge is 0.387 e. The van der Waals surface area contributed by atoms with E-state index in [2.05, 4.69) is 10.1 Å². The van der Waals surface area contributed by atoms with Gasteiger partial charge in [-0.1, -0.05) is 13.8 Å². The molecular formula is C15H23F2NO3. The van der Waals surface area contributed by atoms with Crippen LogP contribution in [0.25, 0.3) is 0 Å². The Bertz CT molecular complexity index is 451. The third kappa shape index (κ3) is 5.47. The summed E-state index contributed by atoms with van der Waals surface area (Å²) < 4.78 is 34.3. The lowest BCUT2D eigenvalue weighted by molar-refractivity contribution is -0.0506. The molecule has 0 aliphatic rings. The molecule has 0 fully saturated rings. The Morgan fingerprint density at radius 3 is 2.52 bits per heavy atom. The van der Waals surface area contributed by atoms with Crippen LogP contribution < -0.4 is 14.8 Å². The Morgan fingerprint density at radius 1 is 1.33 bits per heavy atom. The fraction of sp³-hybridized carbons (Fsp3) is 0.600. The molecule has 2 N–H and O–H groups in total. The molecule has 0 spiro atoms. The fourth-order valence-electron chi connectivity index (χ4n) is 1.69. The summed E-state index contributed by atoms with van der Waals surface area (Å²) in [6.45, 7) is 3.32. The summed E-state index contributed by atoms with van der Waals surface area (Å²) >= 11 is 0. The van der Waals surface area contributed by atoms with Gasteiger partial charge in [0.1, 0.15) is 11.5 Å². The number of hydrogen-bond donors (Lipinski definition) is 2. The average Bonchev–Trinajstić information content (AvgIpc) is 2.39. The van der Waals surface area contributed by atoms with Gasteiger partial charge in [0.05, 0.1) is 12.7 Å². The summed E-state index contributed by atoms with van der Waals surface area (Å²) in [5.74, 6) is 0.735. The van der Waals surface area contributed by atoms with E-state index < -0.39 is 12.2 Å². The lowest BCUT2D eigenvalue weighted by Crippen LogP contribution is -2.42. The standard InChI is InChI=1S/C15H23F2NO3/c1-10(2)15(3,19)9-18-8-11-7-12(20-4)5-6-13(11)21-14(16)17/h5-7,10,14,18-19H,8-9H2,1-4H3. The van der Waals surface area contributed by atoms with Crippen molar-refractivity contribution in [2.45, 2.75) is 39.5 Å². The normalized spacial score (nSPS) is 14.3. The topological polar surface area (TPSA) is 50.7 Å². The van der Waals surface area contributed by atoms with Gasteiger partial charge in [0.15, 0.2) is 0 Å². The molecule has 1 aromatic rings. The molecule has 0 amide bonds. The molecule has 4 nitrogen and oxygen atoms in total. The zero-order valence-corrected chi connectivity index (χ0v) is 12.8. The highest BCUT2D eigenvalue weighted by molar-refractivity contribution is 5.40. The minimum atomic E-state index is -2.88. The zero-order chi connectivity index (χ0) is 16.0. The van der Waals surface area contributed by atoms with Crippen molar-refractivity contribution >= 4 is 0 Å². The Morgan fingerprint density at radius 2 is 2.00 bits per heavy atom. The van der Waals surface area contributed by atoms with Crippen LogP contribution in [0.4, 0.5) is 8.78 Å². The molecular weight excluding hydrogens is 280 g/mol. The number of methoxy groups -OCH3 is 1. The molecule has 0 heterocycles. The summed E-state index contributed by atoms with van der Waals surface area (Å²) in [6, 6.07) is 4.64. The van der Waals surface area contributed by atoms with Gasteiger partial charge in [-0.05, 0) is 31.0 Å². The molecule has 0 aromatic heterocycles. The van der Waals surface area contributed by atoms with Crippen molar-refractivity contribution in [1.29, 1.82) is 0 Å². The van der Waals surface area contributed by atoms with E-state index in [4.69, 9.17) is 4.74 Å². The van der Waals surface area contributed by atoms with Gasteiger partial charge >= 0.3 is 6.61 Å². The number of ether oxygens (including phenoxy) is 2. The second-order valence-corrected chi connectivity index (χ2v) is 5.47. The second kappa shape index (κ2) is 7.56. The molecule has 0 aliphatic carbocycles. The first-order valence-corrected chi connectivity index (χ1v) is 6.81. The van der Waals surface area contributed by atoms with Gasteiger partial charge in [-0.3, -0.25) is 0 Å².